The lowest BCUT2D eigenvalue weighted by Crippen LogP contribution is -2.25. The fourth-order valence-electron chi connectivity index (χ4n) is 2.60. The zero-order valence-electron chi connectivity index (χ0n) is 15.5. The van der Waals surface area contributed by atoms with Gasteiger partial charge in [-0.05, 0) is 47.5 Å². The van der Waals surface area contributed by atoms with E-state index in [1.807, 2.05) is 42.5 Å². The van der Waals surface area contributed by atoms with Crippen molar-refractivity contribution in [3.63, 3.8) is 0 Å². The van der Waals surface area contributed by atoms with E-state index in [1.54, 1.807) is 12.1 Å². The molecule has 6 nitrogen and oxygen atoms in total. The van der Waals surface area contributed by atoms with Gasteiger partial charge < -0.3 is 5.32 Å². The zero-order valence-corrected chi connectivity index (χ0v) is 16.3. The third kappa shape index (κ3) is 4.28. The van der Waals surface area contributed by atoms with Crippen molar-refractivity contribution in [1.29, 1.82) is 0 Å². The molecule has 7 heteroatoms. The number of nitrogens with zero attached hydrogens (tertiary/aromatic N) is 1. The Kier molecular flexibility index (Phi) is 5.89. The summed E-state index contributed by atoms with van der Waals surface area (Å²) in [6.45, 7) is 0. The SMILES string of the molecule is CON(C)S(=O)(=O)c1ccc(NC(=O)c2ccc(-c3ccccc3)cc2)cc1. The first kappa shape index (κ1) is 19.8. The summed E-state index contributed by atoms with van der Waals surface area (Å²) in [6.07, 6.45) is 0. The molecule has 0 fully saturated rings. The average Bonchev–Trinajstić information content (AvgIpc) is 2.74. The Balaban J connectivity index is 1.71. The minimum atomic E-state index is -3.72. The van der Waals surface area contributed by atoms with E-state index in [2.05, 4.69) is 5.32 Å². The van der Waals surface area contributed by atoms with Crippen LogP contribution in [-0.2, 0) is 14.9 Å². The Morgan fingerprint density at radius 2 is 1.43 bits per heavy atom. The van der Waals surface area contributed by atoms with Crippen molar-refractivity contribution in [2.24, 2.45) is 0 Å². The molecule has 3 rings (SSSR count). The van der Waals surface area contributed by atoms with Crippen LogP contribution in [0.5, 0.6) is 0 Å². The standard InChI is InChI=1S/C21H20N2O4S/c1-23(27-2)28(25,26)20-14-12-19(13-15-20)22-21(24)18-10-8-17(9-11-18)16-6-4-3-5-7-16/h3-15H,1-2H3,(H,22,24). The first-order valence-electron chi connectivity index (χ1n) is 8.52. The van der Waals surface area contributed by atoms with Crippen molar-refractivity contribution < 1.29 is 18.0 Å². The summed E-state index contributed by atoms with van der Waals surface area (Å²) in [7, 11) is -1.14. The molecule has 0 heterocycles. The van der Waals surface area contributed by atoms with Gasteiger partial charge in [-0.1, -0.05) is 46.9 Å². The minimum absolute atomic E-state index is 0.0714. The Bertz CT molecular complexity index is 1050. The van der Waals surface area contributed by atoms with Gasteiger partial charge in [0, 0.05) is 18.3 Å². The van der Waals surface area contributed by atoms with Crippen molar-refractivity contribution in [3.05, 3.63) is 84.4 Å². The van der Waals surface area contributed by atoms with Crippen LogP contribution in [0.15, 0.2) is 83.8 Å². The molecule has 0 unspecified atom stereocenters. The maximum absolute atomic E-state index is 12.4. The number of sulfonamides is 1. The van der Waals surface area contributed by atoms with Crippen molar-refractivity contribution in [3.8, 4) is 11.1 Å². The fraction of sp³-hybridized carbons (Fsp3) is 0.0952. The van der Waals surface area contributed by atoms with Crippen LogP contribution >= 0.6 is 0 Å². The molecular weight excluding hydrogens is 376 g/mol. The van der Waals surface area contributed by atoms with Crippen molar-refractivity contribution in [2.75, 3.05) is 19.5 Å². The summed E-state index contributed by atoms with van der Waals surface area (Å²) in [6, 6.07) is 23.1. The maximum atomic E-state index is 12.4. The number of hydrogen-bond donors (Lipinski definition) is 1. The highest BCUT2D eigenvalue weighted by Gasteiger charge is 2.20. The van der Waals surface area contributed by atoms with E-state index in [-0.39, 0.29) is 10.8 Å². The van der Waals surface area contributed by atoms with Crippen LogP contribution in [0.1, 0.15) is 10.4 Å². The Morgan fingerprint density at radius 3 is 2.00 bits per heavy atom. The third-order valence-corrected chi connectivity index (χ3v) is 5.95. The lowest BCUT2D eigenvalue weighted by atomic mass is 10.0. The highest BCUT2D eigenvalue weighted by molar-refractivity contribution is 7.89. The number of carbonyl (C=O) groups is 1. The maximum Gasteiger partial charge on any atom is 0.264 e. The van der Waals surface area contributed by atoms with Crippen LogP contribution in [0.4, 0.5) is 5.69 Å². The van der Waals surface area contributed by atoms with Gasteiger partial charge in [0.25, 0.3) is 15.9 Å². The van der Waals surface area contributed by atoms with Crippen LogP contribution in [0.3, 0.4) is 0 Å². The molecule has 0 aliphatic carbocycles. The number of hydrogen-bond acceptors (Lipinski definition) is 4. The van der Waals surface area contributed by atoms with Gasteiger partial charge in [-0.25, -0.2) is 8.42 Å². The number of amides is 1. The van der Waals surface area contributed by atoms with Gasteiger partial charge in [0.1, 0.15) is 0 Å². The summed E-state index contributed by atoms with van der Waals surface area (Å²) < 4.78 is 25.1. The number of anilines is 1. The van der Waals surface area contributed by atoms with E-state index in [1.165, 1.54) is 38.4 Å². The largest absolute Gasteiger partial charge is 0.322 e. The predicted octanol–water partition coefficient (Wildman–Crippen LogP) is 3.79. The normalized spacial score (nSPS) is 11.4. The molecule has 0 aliphatic rings. The average molecular weight is 396 g/mol. The molecular formula is C21H20N2O4S. The molecule has 28 heavy (non-hydrogen) atoms. The number of nitrogens with one attached hydrogen (secondary N) is 1. The number of carbonyl (C=O) groups excluding carboxylic acids is 1. The second-order valence-corrected chi connectivity index (χ2v) is 7.95. The molecule has 0 spiro atoms. The van der Waals surface area contributed by atoms with Gasteiger partial charge in [0.05, 0.1) is 12.0 Å². The highest BCUT2D eigenvalue weighted by Crippen LogP contribution is 2.21. The topological polar surface area (TPSA) is 75.7 Å². The lowest BCUT2D eigenvalue weighted by molar-refractivity contribution is -0.0258. The van der Waals surface area contributed by atoms with Gasteiger partial charge in [0.15, 0.2) is 0 Å². The van der Waals surface area contributed by atoms with Gasteiger partial charge in [0.2, 0.25) is 0 Å². The molecule has 144 valence electrons. The predicted molar refractivity (Wildman–Crippen MR) is 108 cm³/mol. The smallest absolute Gasteiger partial charge is 0.264 e. The minimum Gasteiger partial charge on any atom is -0.322 e. The molecule has 0 radical (unpaired) electrons. The molecule has 3 aromatic rings. The zero-order chi connectivity index (χ0) is 20.1. The molecule has 0 aromatic heterocycles. The highest BCUT2D eigenvalue weighted by atomic mass is 32.2. The van der Waals surface area contributed by atoms with E-state index in [9.17, 15) is 13.2 Å². The van der Waals surface area contributed by atoms with Gasteiger partial charge in [-0.15, -0.1) is 0 Å². The monoisotopic (exact) mass is 396 g/mol. The molecule has 1 N–H and O–H groups in total. The first-order valence-corrected chi connectivity index (χ1v) is 9.96. The van der Waals surface area contributed by atoms with E-state index >= 15 is 0 Å². The molecule has 3 aromatic carbocycles. The molecule has 0 saturated heterocycles. The van der Waals surface area contributed by atoms with Gasteiger partial charge in [-0.3, -0.25) is 9.63 Å². The Morgan fingerprint density at radius 1 is 0.857 bits per heavy atom. The summed E-state index contributed by atoms with van der Waals surface area (Å²) >= 11 is 0. The van der Waals surface area contributed by atoms with Crippen molar-refractivity contribution in [2.45, 2.75) is 4.90 Å². The number of rotatable bonds is 6. The lowest BCUT2D eigenvalue weighted by Gasteiger charge is -2.14. The van der Waals surface area contributed by atoms with E-state index < -0.39 is 10.0 Å². The van der Waals surface area contributed by atoms with Gasteiger partial charge in [-0.2, -0.15) is 0 Å². The van der Waals surface area contributed by atoms with Gasteiger partial charge >= 0.3 is 0 Å². The van der Waals surface area contributed by atoms with Crippen LogP contribution in [-0.4, -0.2) is 33.0 Å². The Hall–Kier alpha value is -3.00. The van der Waals surface area contributed by atoms with E-state index in [0.29, 0.717) is 11.3 Å². The fourth-order valence-corrected chi connectivity index (χ4v) is 3.58. The molecule has 0 bridgehead atoms. The van der Waals surface area contributed by atoms with Crippen LogP contribution in [0.25, 0.3) is 11.1 Å². The molecule has 0 atom stereocenters. The Labute approximate surface area is 164 Å². The molecule has 0 saturated carbocycles. The van der Waals surface area contributed by atoms with E-state index in [4.69, 9.17) is 4.84 Å². The third-order valence-electron chi connectivity index (χ3n) is 4.26. The second-order valence-electron chi connectivity index (χ2n) is 6.02. The number of hydroxylamine groups is 1. The van der Waals surface area contributed by atoms with Crippen LogP contribution < -0.4 is 5.32 Å². The molecule has 1 amide bonds. The molecule has 0 aliphatic heterocycles. The van der Waals surface area contributed by atoms with Crippen LogP contribution in [0.2, 0.25) is 0 Å². The van der Waals surface area contributed by atoms with Crippen molar-refractivity contribution in [1.82, 2.24) is 4.47 Å². The van der Waals surface area contributed by atoms with Crippen LogP contribution in [0, 0.1) is 0 Å². The van der Waals surface area contributed by atoms with Crippen molar-refractivity contribution >= 4 is 21.6 Å². The number of benzene rings is 3. The summed E-state index contributed by atoms with van der Waals surface area (Å²) in [5.74, 6) is -0.274. The first-order chi connectivity index (χ1) is 13.4. The summed E-state index contributed by atoms with van der Waals surface area (Å²) in [4.78, 5) is 17.3. The summed E-state index contributed by atoms with van der Waals surface area (Å²) in [5, 5.41) is 2.76. The summed E-state index contributed by atoms with van der Waals surface area (Å²) in [5.41, 5.74) is 3.10. The quantitative estimate of drug-likeness (QED) is 0.643. The van der Waals surface area contributed by atoms with E-state index in [0.717, 1.165) is 15.6 Å². The second kappa shape index (κ2) is 8.35.